The molecule has 2 heteroatoms. The molecule has 166 valence electrons. The summed E-state index contributed by atoms with van der Waals surface area (Å²) in [4.78, 5) is 0. The standard InChI is InChI=1S/C25H54N.BrH/c1-7-8-9-10-11-12-13-14-15-16-17-18-19-20-21-22-23-26(5,6)24-25(2,3)4;/h7-24H2,1-6H3;1H/q+1;/p-1. The molecule has 0 aliphatic carbocycles. The number of hydrogen-bond donors (Lipinski definition) is 0. The van der Waals surface area contributed by atoms with E-state index in [0.29, 0.717) is 5.41 Å². The van der Waals surface area contributed by atoms with Crippen LogP contribution >= 0.6 is 0 Å². The fraction of sp³-hybridized carbons (Fsp3) is 1.00. The van der Waals surface area contributed by atoms with E-state index < -0.39 is 0 Å². The predicted octanol–water partition coefficient (Wildman–Crippen LogP) is 5.37. The summed E-state index contributed by atoms with van der Waals surface area (Å²) in [6.45, 7) is 12.0. The summed E-state index contributed by atoms with van der Waals surface area (Å²) >= 11 is 0. The molecule has 1 nitrogen and oxygen atoms in total. The molecule has 0 rings (SSSR count). The number of hydrogen-bond acceptors (Lipinski definition) is 0. The molecule has 0 radical (unpaired) electrons. The maximum absolute atomic E-state index is 2.40. The summed E-state index contributed by atoms with van der Waals surface area (Å²) in [5.74, 6) is 0. The van der Waals surface area contributed by atoms with Crippen LogP contribution in [0, 0.1) is 5.41 Å². The largest absolute Gasteiger partial charge is 1.00 e. The Balaban J connectivity index is 0. The van der Waals surface area contributed by atoms with E-state index in [1.165, 1.54) is 120 Å². The molecule has 0 heterocycles. The van der Waals surface area contributed by atoms with Gasteiger partial charge in [0.15, 0.2) is 0 Å². The van der Waals surface area contributed by atoms with Crippen LogP contribution in [-0.2, 0) is 0 Å². The van der Waals surface area contributed by atoms with Gasteiger partial charge in [-0.15, -0.1) is 0 Å². The maximum Gasteiger partial charge on any atom is 0.0831 e. The maximum atomic E-state index is 2.40. The monoisotopic (exact) mass is 447 g/mol. The number of rotatable bonds is 18. The number of unbranched alkanes of at least 4 members (excludes halogenated alkanes) is 15. The second-order valence-corrected chi connectivity index (χ2v) is 10.7. The van der Waals surface area contributed by atoms with Crippen LogP contribution in [0.25, 0.3) is 0 Å². The van der Waals surface area contributed by atoms with Gasteiger partial charge in [-0.2, -0.15) is 0 Å². The van der Waals surface area contributed by atoms with Crippen molar-refractivity contribution in [1.29, 1.82) is 0 Å². The Morgan fingerprint density at radius 1 is 0.519 bits per heavy atom. The lowest BCUT2D eigenvalue weighted by atomic mass is 9.95. The average Bonchev–Trinajstić information content (AvgIpc) is 2.52. The van der Waals surface area contributed by atoms with E-state index in [9.17, 15) is 0 Å². The van der Waals surface area contributed by atoms with Gasteiger partial charge in [0, 0.05) is 5.41 Å². The van der Waals surface area contributed by atoms with Crippen molar-refractivity contribution < 1.29 is 21.5 Å². The quantitative estimate of drug-likeness (QED) is 0.195. The summed E-state index contributed by atoms with van der Waals surface area (Å²) < 4.78 is 1.18. The van der Waals surface area contributed by atoms with Gasteiger partial charge in [0.05, 0.1) is 27.2 Å². The molecule has 0 N–H and O–H groups in total. The van der Waals surface area contributed by atoms with Gasteiger partial charge in [-0.25, -0.2) is 0 Å². The molecule has 0 spiro atoms. The van der Waals surface area contributed by atoms with Crippen molar-refractivity contribution in [3.05, 3.63) is 0 Å². The normalized spacial score (nSPS) is 12.2. The predicted molar refractivity (Wildman–Crippen MR) is 121 cm³/mol. The van der Waals surface area contributed by atoms with Crippen molar-refractivity contribution in [2.24, 2.45) is 5.41 Å². The smallest absolute Gasteiger partial charge is 0.0831 e. The average molecular weight is 449 g/mol. The molecule has 0 saturated carbocycles. The van der Waals surface area contributed by atoms with Crippen LogP contribution in [0.1, 0.15) is 130 Å². The van der Waals surface area contributed by atoms with Gasteiger partial charge < -0.3 is 21.5 Å². The summed E-state index contributed by atoms with van der Waals surface area (Å²) in [5, 5.41) is 0. The Kier molecular flexibility index (Phi) is 20.3. The topological polar surface area (TPSA) is 0 Å². The Morgan fingerprint density at radius 3 is 1.11 bits per heavy atom. The minimum atomic E-state index is 0. The summed E-state index contributed by atoms with van der Waals surface area (Å²) in [6.07, 6.45) is 23.3. The molecule has 0 aromatic carbocycles. The second kappa shape index (κ2) is 18.5. The van der Waals surface area contributed by atoms with Crippen molar-refractivity contribution in [3.8, 4) is 0 Å². The van der Waals surface area contributed by atoms with Gasteiger partial charge in [0.1, 0.15) is 0 Å². The van der Waals surface area contributed by atoms with E-state index in [0.717, 1.165) is 0 Å². The van der Waals surface area contributed by atoms with Crippen molar-refractivity contribution in [2.75, 3.05) is 27.2 Å². The van der Waals surface area contributed by atoms with Gasteiger partial charge in [0.2, 0.25) is 0 Å². The Morgan fingerprint density at radius 2 is 0.815 bits per heavy atom. The van der Waals surface area contributed by atoms with E-state index in [1.54, 1.807) is 0 Å². The van der Waals surface area contributed by atoms with Crippen LogP contribution in [0.3, 0.4) is 0 Å². The number of halogens is 1. The molecular formula is C25H54BrN. The first kappa shape index (κ1) is 29.6. The van der Waals surface area contributed by atoms with E-state index in [4.69, 9.17) is 0 Å². The van der Waals surface area contributed by atoms with Gasteiger partial charge in [-0.1, -0.05) is 118 Å². The fourth-order valence-electron chi connectivity index (χ4n) is 4.45. The third-order valence-electron chi connectivity index (χ3n) is 5.52. The zero-order valence-electron chi connectivity index (χ0n) is 20.1. The van der Waals surface area contributed by atoms with Crippen molar-refractivity contribution in [2.45, 2.75) is 130 Å². The zero-order valence-corrected chi connectivity index (χ0v) is 21.6. The van der Waals surface area contributed by atoms with Gasteiger partial charge in [0.25, 0.3) is 0 Å². The minimum Gasteiger partial charge on any atom is -1.00 e. The molecular weight excluding hydrogens is 394 g/mol. The van der Waals surface area contributed by atoms with E-state index in [2.05, 4.69) is 41.8 Å². The fourth-order valence-corrected chi connectivity index (χ4v) is 4.45. The van der Waals surface area contributed by atoms with Crippen LogP contribution < -0.4 is 17.0 Å². The summed E-state index contributed by atoms with van der Waals surface area (Å²) in [5.41, 5.74) is 0.443. The lowest BCUT2D eigenvalue weighted by Gasteiger charge is -2.35. The molecule has 0 aromatic heterocycles. The molecule has 0 bridgehead atoms. The molecule has 0 aliphatic heterocycles. The second-order valence-electron chi connectivity index (χ2n) is 10.7. The minimum absolute atomic E-state index is 0. The van der Waals surface area contributed by atoms with Crippen LogP contribution in [0.4, 0.5) is 0 Å². The van der Waals surface area contributed by atoms with Gasteiger partial charge in [-0.05, 0) is 12.8 Å². The summed E-state index contributed by atoms with van der Waals surface area (Å²) in [6, 6.07) is 0. The molecule has 0 fully saturated rings. The number of nitrogens with zero attached hydrogens (tertiary/aromatic N) is 1. The summed E-state index contributed by atoms with van der Waals surface area (Å²) in [7, 11) is 4.80. The lowest BCUT2D eigenvalue weighted by molar-refractivity contribution is -0.896. The highest BCUT2D eigenvalue weighted by Gasteiger charge is 2.23. The van der Waals surface area contributed by atoms with Crippen molar-refractivity contribution in [3.63, 3.8) is 0 Å². The lowest BCUT2D eigenvalue weighted by Crippen LogP contribution is -3.00. The SMILES string of the molecule is CCCCCCCCCCCCCCCCCC[N+](C)(C)CC(C)(C)C.[Br-]. The molecule has 27 heavy (non-hydrogen) atoms. The van der Waals surface area contributed by atoms with Crippen LogP contribution in [0.5, 0.6) is 0 Å². The molecule has 0 amide bonds. The van der Waals surface area contributed by atoms with E-state index >= 15 is 0 Å². The Labute approximate surface area is 184 Å². The highest BCUT2D eigenvalue weighted by molar-refractivity contribution is 4.59. The van der Waals surface area contributed by atoms with Crippen LogP contribution in [0.15, 0.2) is 0 Å². The molecule has 0 unspecified atom stereocenters. The molecule has 0 atom stereocenters. The van der Waals surface area contributed by atoms with Crippen LogP contribution in [0.2, 0.25) is 0 Å². The highest BCUT2D eigenvalue weighted by Crippen LogP contribution is 2.19. The Hall–Kier alpha value is 0.440. The number of quaternary nitrogens is 1. The highest BCUT2D eigenvalue weighted by atomic mass is 79.9. The van der Waals surface area contributed by atoms with E-state index in [1.807, 2.05) is 0 Å². The van der Waals surface area contributed by atoms with Gasteiger partial charge in [-0.3, -0.25) is 0 Å². The van der Waals surface area contributed by atoms with Gasteiger partial charge >= 0.3 is 0 Å². The first-order chi connectivity index (χ1) is 12.3. The van der Waals surface area contributed by atoms with Crippen molar-refractivity contribution in [1.82, 2.24) is 0 Å². The third kappa shape index (κ3) is 24.4. The first-order valence-corrected chi connectivity index (χ1v) is 12.1. The first-order valence-electron chi connectivity index (χ1n) is 12.1. The van der Waals surface area contributed by atoms with Crippen molar-refractivity contribution >= 4 is 0 Å². The van der Waals surface area contributed by atoms with E-state index in [-0.39, 0.29) is 17.0 Å². The van der Waals surface area contributed by atoms with Crippen LogP contribution in [-0.4, -0.2) is 31.7 Å². The third-order valence-corrected chi connectivity index (χ3v) is 5.52. The molecule has 0 aromatic rings. The Bertz CT molecular complexity index is 293. The molecule has 0 aliphatic rings. The molecule has 0 saturated heterocycles. The zero-order chi connectivity index (χ0) is 19.7.